The number of hydrogen-bond donors (Lipinski definition) is 1. The maximum Gasteiger partial charge on any atom is 0.348 e. The largest absolute Gasteiger partial charge is 0.451 e. The number of fused-ring (bicyclic) bond motifs is 1. The molecule has 0 aliphatic heterocycles. The maximum absolute atomic E-state index is 12.4. The van der Waals surface area contributed by atoms with Gasteiger partial charge in [0.25, 0.3) is 5.91 Å². The van der Waals surface area contributed by atoms with E-state index in [1.807, 2.05) is 59.5 Å². The van der Waals surface area contributed by atoms with Crippen LogP contribution < -0.4 is 5.32 Å². The number of carbonyl (C=O) groups is 2. The Labute approximate surface area is 169 Å². The van der Waals surface area contributed by atoms with E-state index in [-0.39, 0.29) is 12.5 Å². The second-order valence-electron chi connectivity index (χ2n) is 6.09. The number of thiophene rings is 2. The Bertz CT molecular complexity index is 1110. The standard InChI is InChI=1S/C20H17N3O3S2/c1-13-16-10-17(28-19(16)23(22-13)14-6-3-2-4-7-14)20(25)26-12-18(24)21-11-15-8-5-9-27-15/h2-10H,11-12H2,1H3,(H,21,24). The summed E-state index contributed by atoms with van der Waals surface area (Å²) in [5.41, 5.74) is 1.76. The minimum Gasteiger partial charge on any atom is -0.451 e. The summed E-state index contributed by atoms with van der Waals surface area (Å²) in [6.45, 7) is 2.03. The Kier molecular flexibility index (Phi) is 5.23. The number of para-hydroxylation sites is 1. The minimum absolute atomic E-state index is 0.303. The minimum atomic E-state index is -0.508. The topological polar surface area (TPSA) is 73.2 Å². The van der Waals surface area contributed by atoms with Crippen molar-refractivity contribution in [3.05, 3.63) is 69.4 Å². The van der Waals surface area contributed by atoms with E-state index >= 15 is 0 Å². The van der Waals surface area contributed by atoms with E-state index in [1.54, 1.807) is 17.4 Å². The van der Waals surface area contributed by atoms with Gasteiger partial charge in [-0.05, 0) is 36.6 Å². The molecular weight excluding hydrogens is 394 g/mol. The summed E-state index contributed by atoms with van der Waals surface area (Å²) in [5, 5.41) is 10.1. The van der Waals surface area contributed by atoms with Crippen LogP contribution in [-0.2, 0) is 16.1 Å². The van der Waals surface area contributed by atoms with Gasteiger partial charge in [-0.3, -0.25) is 4.79 Å². The van der Waals surface area contributed by atoms with Crippen molar-refractivity contribution >= 4 is 44.8 Å². The Morgan fingerprint density at radius 2 is 2.00 bits per heavy atom. The summed E-state index contributed by atoms with van der Waals surface area (Å²) in [4.78, 5) is 26.7. The number of benzene rings is 1. The normalized spacial score (nSPS) is 10.9. The summed E-state index contributed by atoms with van der Waals surface area (Å²) < 4.78 is 7.00. The van der Waals surface area contributed by atoms with Crippen molar-refractivity contribution in [2.75, 3.05) is 6.61 Å². The van der Waals surface area contributed by atoms with Gasteiger partial charge in [0.1, 0.15) is 9.71 Å². The van der Waals surface area contributed by atoms with Crippen LogP contribution in [0.15, 0.2) is 53.9 Å². The first-order valence-electron chi connectivity index (χ1n) is 8.62. The SMILES string of the molecule is Cc1nn(-c2ccccc2)c2sc(C(=O)OCC(=O)NCc3cccs3)cc12. The van der Waals surface area contributed by atoms with Gasteiger partial charge in [-0.1, -0.05) is 24.3 Å². The van der Waals surface area contributed by atoms with Crippen molar-refractivity contribution in [2.45, 2.75) is 13.5 Å². The van der Waals surface area contributed by atoms with Gasteiger partial charge in [0.15, 0.2) is 6.61 Å². The van der Waals surface area contributed by atoms with E-state index in [4.69, 9.17) is 4.74 Å². The first-order valence-corrected chi connectivity index (χ1v) is 10.3. The van der Waals surface area contributed by atoms with E-state index in [2.05, 4.69) is 10.4 Å². The molecule has 0 unspecified atom stereocenters. The Morgan fingerprint density at radius 3 is 2.75 bits per heavy atom. The van der Waals surface area contributed by atoms with Gasteiger partial charge >= 0.3 is 5.97 Å². The zero-order valence-corrected chi connectivity index (χ0v) is 16.7. The molecule has 0 radical (unpaired) electrons. The number of carbonyl (C=O) groups excluding carboxylic acids is 2. The highest BCUT2D eigenvalue weighted by Crippen LogP contribution is 2.30. The van der Waals surface area contributed by atoms with Crippen LogP contribution in [0.1, 0.15) is 20.2 Å². The number of nitrogens with zero attached hydrogens (tertiary/aromatic N) is 2. The monoisotopic (exact) mass is 411 g/mol. The van der Waals surface area contributed by atoms with Crippen molar-refractivity contribution in [3.63, 3.8) is 0 Å². The van der Waals surface area contributed by atoms with Crippen molar-refractivity contribution < 1.29 is 14.3 Å². The molecule has 0 atom stereocenters. The number of esters is 1. The zero-order chi connectivity index (χ0) is 19.5. The molecule has 1 N–H and O–H groups in total. The van der Waals surface area contributed by atoms with E-state index < -0.39 is 5.97 Å². The molecule has 0 saturated heterocycles. The molecule has 0 aliphatic carbocycles. The van der Waals surface area contributed by atoms with E-state index in [0.29, 0.717) is 11.4 Å². The number of rotatable bonds is 6. The number of hydrogen-bond acceptors (Lipinski definition) is 6. The molecular formula is C20H17N3O3S2. The van der Waals surface area contributed by atoms with Gasteiger partial charge in [0.2, 0.25) is 0 Å². The third kappa shape index (κ3) is 3.83. The van der Waals surface area contributed by atoms with Crippen LogP contribution in [0, 0.1) is 6.92 Å². The first-order chi connectivity index (χ1) is 13.6. The molecule has 8 heteroatoms. The molecule has 0 saturated carbocycles. The summed E-state index contributed by atoms with van der Waals surface area (Å²) >= 11 is 2.87. The molecule has 1 amide bonds. The average Bonchev–Trinajstić information content (AvgIpc) is 3.44. The molecule has 142 valence electrons. The lowest BCUT2D eigenvalue weighted by Gasteiger charge is -2.05. The third-order valence-electron chi connectivity index (χ3n) is 4.12. The molecule has 4 rings (SSSR count). The lowest BCUT2D eigenvalue weighted by atomic mass is 10.3. The summed E-state index contributed by atoms with van der Waals surface area (Å²) in [5.74, 6) is -0.832. The van der Waals surface area contributed by atoms with E-state index in [1.165, 1.54) is 11.3 Å². The molecule has 0 aliphatic rings. The molecule has 28 heavy (non-hydrogen) atoms. The van der Waals surface area contributed by atoms with Crippen LogP contribution in [0.4, 0.5) is 0 Å². The number of nitrogens with one attached hydrogen (secondary N) is 1. The molecule has 3 aromatic heterocycles. The molecule has 6 nitrogen and oxygen atoms in total. The molecule has 0 fully saturated rings. The molecule has 3 heterocycles. The van der Waals surface area contributed by atoms with Gasteiger partial charge < -0.3 is 10.1 Å². The van der Waals surface area contributed by atoms with Crippen LogP contribution >= 0.6 is 22.7 Å². The number of amides is 1. The van der Waals surface area contributed by atoms with Gasteiger partial charge in [0, 0.05) is 10.3 Å². The fraction of sp³-hybridized carbons (Fsp3) is 0.150. The summed E-state index contributed by atoms with van der Waals surface area (Å²) in [6.07, 6.45) is 0. The smallest absolute Gasteiger partial charge is 0.348 e. The Balaban J connectivity index is 1.44. The van der Waals surface area contributed by atoms with Crippen molar-refractivity contribution in [1.29, 1.82) is 0 Å². The molecule has 4 aromatic rings. The second-order valence-corrected chi connectivity index (χ2v) is 8.16. The molecule has 0 spiro atoms. The summed E-state index contributed by atoms with van der Waals surface area (Å²) in [6, 6.07) is 15.4. The molecule has 0 bridgehead atoms. The highest BCUT2D eigenvalue weighted by molar-refractivity contribution is 7.20. The lowest BCUT2D eigenvalue weighted by molar-refractivity contribution is -0.124. The van der Waals surface area contributed by atoms with Crippen molar-refractivity contribution in [2.24, 2.45) is 0 Å². The second kappa shape index (κ2) is 7.95. The number of ether oxygens (including phenoxy) is 1. The number of aromatic nitrogens is 2. The van der Waals surface area contributed by atoms with Gasteiger partial charge in [-0.2, -0.15) is 5.10 Å². The maximum atomic E-state index is 12.4. The van der Waals surface area contributed by atoms with Gasteiger partial charge in [-0.15, -0.1) is 22.7 Å². The van der Waals surface area contributed by atoms with Crippen LogP contribution in [0.3, 0.4) is 0 Å². The van der Waals surface area contributed by atoms with Crippen LogP contribution in [0.5, 0.6) is 0 Å². The zero-order valence-electron chi connectivity index (χ0n) is 15.0. The van der Waals surface area contributed by atoms with Crippen LogP contribution in [-0.4, -0.2) is 28.3 Å². The lowest BCUT2D eigenvalue weighted by Crippen LogP contribution is -2.27. The highest BCUT2D eigenvalue weighted by atomic mass is 32.1. The van der Waals surface area contributed by atoms with Crippen LogP contribution in [0.25, 0.3) is 15.9 Å². The van der Waals surface area contributed by atoms with Gasteiger partial charge in [0.05, 0.1) is 17.9 Å². The first kappa shape index (κ1) is 18.4. The summed E-state index contributed by atoms with van der Waals surface area (Å²) in [7, 11) is 0. The van der Waals surface area contributed by atoms with Crippen LogP contribution in [0.2, 0.25) is 0 Å². The predicted octanol–water partition coefficient (Wildman–Crippen LogP) is 3.93. The van der Waals surface area contributed by atoms with Crippen molar-refractivity contribution in [3.8, 4) is 5.69 Å². The van der Waals surface area contributed by atoms with E-state index in [9.17, 15) is 9.59 Å². The average molecular weight is 412 g/mol. The Morgan fingerprint density at radius 1 is 1.18 bits per heavy atom. The third-order valence-corrected chi connectivity index (χ3v) is 6.09. The number of aryl methyl sites for hydroxylation is 1. The van der Waals surface area contributed by atoms with Gasteiger partial charge in [-0.25, -0.2) is 9.48 Å². The fourth-order valence-electron chi connectivity index (χ4n) is 2.74. The molecule has 1 aromatic carbocycles. The quantitative estimate of drug-likeness (QED) is 0.488. The Hall–Kier alpha value is -2.97. The van der Waals surface area contributed by atoms with E-state index in [0.717, 1.165) is 26.5 Å². The predicted molar refractivity (Wildman–Crippen MR) is 110 cm³/mol. The highest BCUT2D eigenvalue weighted by Gasteiger charge is 2.18. The fourth-order valence-corrected chi connectivity index (χ4v) is 4.47. The van der Waals surface area contributed by atoms with Crippen molar-refractivity contribution in [1.82, 2.24) is 15.1 Å².